The first-order valence-corrected chi connectivity index (χ1v) is 5.55. The maximum Gasteiger partial charge on any atom is 0.222 e. The lowest BCUT2D eigenvalue weighted by Crippen LogP contribution is -1.88. The largest absolute Gasteiger partial charge is 0.256 e. The van der Waals surface area contributed by atoms with Crippen LogP contribution in [0.1, 0.15) is 0 Å². The molecule has 2 heterocycles. The third-order valence-electron chi connectivity index (χ3n) is 2.55. The average Bonchev–Trinajstić information content (AvgIpc) is 2.38. The summed E-state index contributed by atoms with van der Waals surface area (Å²) in [4.78, 5) is 12.4. The number of fused-ring (bicyclic) bond motifs is 1. The molecule has 0 unspecified atom stereocenters. The Balaban J connectivity index is 2.30. The van der Waals surface area contributed by atoms with Crippen LogP contribution in [0.4, 0.5) is 0 Å². The van der Waals surface area contributed by atoms with E-state index in [-0.39, 0.29) is 5.28 Å². The van der Waals surface area contributed by atoms with Gasteiger partial charge in [-0.05, 0) is 29.8 Å². The van der Waals surface area contributed by atoms with Gasteiger partial charge in [-0.1, -0.05) is 18.2 Å². The van der Waals surface area contributed by atoms with Crippen LogP contribution in [0.2, 0.25) is 5.28 Å². The van der Waals surface area contributed by atoms with E-state index in [9.17, 15) is 0 Å². The fourth-order valence-corrected chi connectivity index (χ4v) is 1.96. The molecule has 0 aliphatic rings. The number of halogens is 1. The Kier molecular flexibility index (Phi) is 2.46. The summed E-state index contributed by atoms with van der Waals surface area (Å²) in [6, 6.07) is 11.7. The molecule has 0 N–H and O–H groups in total. The zero-order valence-corrected chi connectivity index (χ0v) is 9.59. The fourth-order valence-electron chi connectivity index (χ4n) is 1.81. The van der Waals surface area contributed by atoms with E-state index in [1.165, 1.54) is 0 Å². The number of nitrogens with zero attached hydrogens (tertiary/aromatic N) is 3. The van der Waals surface area contributed by atoms with E-state index in [2.05, 4.69) is 15.0 Å². The summed E-state index contributed by atoms with van der Waals surface area (Å²) >= 11 is 5.81. The van der Waals surface area contributed by atoms with Gasteiger partial charge in [0.25, 0.3) is 0 Å². The van der Waals surface area contributed by atoms with Crippen LogP contribution in [0.5, 0.6) is 0 Å². The quantitative estimate of drug-likeness (QED) is 0.614. The highest BCUT2D eigenvalue weighted by molar-refractivity contribution is 6.28. The second-order valence-corrected chi connectivity index (χ2v) is 3.92. The van der Waals surface area contributed by atoms with Crippen LogP contribution in [0.3, 0.4) is 0 Å². The second kappa shape index (κ2) is 4.11. The smallest absolute Gasteiger partial charge is 0.222 e. The van der Waals surface area contributed by atoms with Gasteiger partial charge in [-0.15, -0.1) is 0 Å². The number of hydrogen-bond acceptors (Lipinski definition) is 3. The molecule has 3 aromatic rings. The molecule has 1 aromatic carbocycles. The molecule has 0 spiro atoms. The van der Waals surface area contributed by atoms with E-state index in [1.54, 1.807) is 12.4 Å². The molecule has 0 aliphatic heterocycles. The number of aromatic nitrogens is 3. The normalized spacial score (nSPS) is 10.6. The van der Waals surface area contributed by atoms with Crippen LogP contribution in [-0.2, 0) is 0 Å². The highest BCUT2D eigenvalue weighted by atomic mass is 35.5. The molecule has 0 fully saturated rings. The molecule has 0 saturated heterocycles. The SMILES string of the molecule is Clc1nccc(-c2cccc3ncccc23)n1. The zero-order valence-electron chi connectivity index (χ0n) is 8.84. The van der Waals surface area contributed by atoms with Gasteiger partial charge in [0, 0.05) is 23.3 Å². The summed E-state index contributed by atoms with van der Waals surface area (Å²) in [5.74, 6) is 0. The van der Waals surface area contributed by atoms with Gasteiger partial charge in [-0.25, -0.2) is 9.97 Å². The summed E-state index contributed by atoms with van der Waals surface area (Å²) < 4.78 is 0. The van der Waals surface area contributed by atoms with Crippen molar-refractivity contribution in [2.75, 3.05) is 0 Å². The van der Waals surface area contributed by atoms with Crippen molar-refractivity contribution in [1.82, 2.24) is 15.0 Å². The third-order valence-corrected chi connectivity index (χ3v) is 2.73. The van der Waals surface area contributed by atoms with Crippen LogP contribution in [0.15, 0.2) is 48.8 Å². The summed E-state index contributed by atoms with van der Waals surface area (Å²) in [5.41, 5.74) is 2.77. The molecule has 0 amide bonds. The predicted molar refractivity (Wildman–Crippen MR) is 67.8 cm³/mol. The van der Waals surface area contributed by atoms with Crippen molar-refractivity contribution in [2.45, 2.75) is 0 Å². The molecule has 17 heavy (non-hydrogen) atoms. The summed E-state index contributed by atoms with van der Waals surface area (Å²) in [6.07, 6.45) is 3.43. The molecule has 0 aliphatic carbocycles. The van der Waals surface area contributed by atoms with Gasteiger partial charge in [-0.3, -0.25) is 4.98 Å². The lowest BCUT2D eigenvalue weighted by molar-refractivity contribution is 1.17. The van der Waals surface area contributed by atoms with Gasteiger partial charge in [0.15, 0.2) is 0 Å². The van der Waals surface area contributed by atoms with Crippen molar-refractivity contribution in [3.63, 3.8) is 0 Å². The van der Waals surface area contributed by atoms with Crippen molar-refractivity contribution in [3.8, 4) is 11.3 Å². The number of rotatable bonds is 1. The van der Waals surface area contributed by atoms with Gasteiger partial charge < -0.3 is 0 Å². The predicted octanol–water partition coefficient (Wildman–Crippen LogP) is 3.35. The van der Waals surface area contributed by atoms with Gasteiger partial charge in [-0.2, -0.15) is 0 Å². The summed E-state index contributed by atoms with van der Waals surface area (Å²) in [5, 5.41) is 1.31. The van der Waals surface area contributed by atoms with Gasteiger partial charge in [0.1, 0.15) is 0 Å². The van der Waals surface area contributed by atoms with E-state index < -0.39 is 0 Å². The van der Waals surface area contributed by atoms with Crippen LogP contribution >= 0.6 is 11.6 Å². The van der Waals surface area contributed by atoms with Crippen molar-refractivity contribution < 1.29 is 0 Å². The zero-order chi connectivity index (χ0) is 11.7. The molecular weight excluding hydrogens is 234 g/mol. The van der Waals surface area contributed by atoms with E-state index in [0.717, 1.165) is 22.2 Å². The number of benzene rings is 1. The van der Waals surface area contributed by atoms with Crippen LogP contribution < -0.4 is 0 Å². The molecule has 3 rings (SSSR count). The lowest BCUT2D eigenvalue weighted by atomic mass is 10.1. The van der Waals surface area contributed by atoms with Crippen molar-refractivity contribution >= 4 is 22.5 Å². The lowest BCUT2D eigenvalue weighted by Gasteiger charge is -2.04. The van der Waals surface area contributed by atoms with Crippen molar-refractivity contribution in [3.05, 3.63) is 54.1 Å². The van der Waals surface area contributed by atoms with E-state index in [0.29, 0.717) is 0 Å². The molecule has 2 aromatic heterocycles. The minimum Gasteiger partial charge on any atom is -0.256 e. The Labute approximate surface area is 103 Å². The Hall–Kier alpha value is -2.00. The topological polar surface area (TPSA) is 38.7 Å². The Morgan fingerprint density at radius 2 is 1.82 bits per heavy atom. The van der Waals surface area contributed by atoms with Crippen molar-refractivity contribution in [1.29, 1.82) is 0 Å². The number of hydrogen-bond donors (Lipinski definition) is 0. The molecule has 3 nitrogen and oxygen atoms in total. The maximum absolute atomic E-state index is 5.81. The third kappa shape index (κ3) is 1.85. The molecule has 0 bridgehead atoms. The highest BCUT2D eigenvalue weighted by Gasteiger charge is 2.05. The first kappa shape index (κ1) is 10.2. The Morgan fingerprint density at radius 1 is 0.882 bits per heavy atom. The van der Waals surface area contributed by atoms with E-state index in [4.69, 9.17) is 11.6 Å². The second-order valence-electron chi connectivity index (χ2n) is 3.59. The van der Waals surface area contributed by atoms with Crippen LogP contribution in [0.25, 0.3) is 22.2 Å². The molecular formula is C13H8ClN3. The van der Waals surface area contributed by atoms with E-state index >= 15 is 0 Å². The molecule has 82 valence electrons. The summed E-state index contributed by atoms with van der Waals surface area (Å²) in [7, 11) is 0. The fraction of sp³-hybridized carbons (Fsp3) is 0. The summed E-state index contributed by atoms with van der Waals surface area (Å²) in [6.45, 7) is 0. The van der Waals surface area contributed by atoms with Crippen LogP contribution in [-0.4, -0.2) is 15.0 Å². The standard InChI is InChI=1S/C13H8ClN3/c14-13-16-8-6-12(17-13)10-3-1-5-11-9(10)4-2-7-15-11/h1-8H. The van der Waals surface area contributed by atoms with Gasteiger partial charge in [0.2, 0.25) is 5.28 Å². The first-order valence-electron chi connectivity index (χ1n) is 5.17. The van der Waals surface area contributed by atoms with Crippen LogP contribution in [0, 0.1) is 0 Å². The van der Waals surface area contributed by atoms with Gasteiger partial charge in [0.05, 0.1) is 11.2 Å². The highest BCUT2D eigenvalue weighted by Crippen LogP contribution is 2.26. The minimum atomic E-state index is 0.253. The first-order chi connectivity index (χ1) is 8.34. The maximum atomic E-state index is 5.81. The van der Waals surface area contributed by atoms with Gasteiger partial charge >= 0.3 is 0 Å². The monoisotopic (exact) mass is 241 g/mol. The molecule has 0 saturated carbocycles. The Bertz CT molecular complexity index is 677. The molecule has 4 heteroatoms. The Morgan fingerprint density at radius 3 is 2.71 bits per heavy atom. The molecule has 0 atom stereocenters. The van der Waals surface area contributed by atoms with Crippen molar-refractivity contribution in [2.24, 2.45) is 0 Å². The average molecular weight is 242 g/mol. The molecule has 0 radical (unpaired) electrons. The minimum absolute atomic E-state index is 0.253. The number of pyridine rings is 1. The van der Waals surface area contributed by atoms with E-state index in [1.807, 2.05) is 36.4 Å².